The van der Waals surface area contributed by atoms with E-state index in [1.807, 2.05) is 17.5 Å². The topological polar surface area (TPSA) is 26.0 Å². The molecule has 62 valence electrons. The smallest absolute Gasteiger partial charge is 0.0538 e. The van der Waals surface area contributed by atoms with Crippen molar-refractivity contribution in [3.05, 3.63) is 21.1 Å². The minimum atomic E-state index is 0.865. The summed E-state index contributed by atoms with van der Waals surface area (Å²) in [5.74, 6) is 0. The van der Waals surface area contributed by atoms with E-state index < -0.39 is 0 Å². The standard InChI is InChI=1S/C8H6INS2/c9-5-3-6(11)8-4(7(5)10)1-2-12-8/h1-3,11H,10H2. The molecule has 0 aliphatic heterocycles. The van der Waals surface area contributed by atoms with Crippen LogP contribution in [0.1, 0.15) is 0 Å². The lowest BCUT2D eigenvalue weighted by molar-refractivity contribution is 1.56. The predicted octanol–water partition coefficient (Wildman–Crippen LogP) is 3.38. The van der Waals surface area contributed by atoms with Crippen molar-refractivity contribution in [2.45, 2.75) is 4.90 Å². The van der Waals surface area contributed by atoms with Crippen molar-refractivity contribution in [2.75, 3.05) is 5.73 Å². The number of rotatable bonds is 0. The number of nitrogens with two attached hydrogens (primary N) is 1. The number of nitrogen functional groups attached to an aromatic ring is 1. The molecule has 0 unspecified atom stereocenters. The molecule has 1 heterocycles. The lowest BCUT2D eigenvalue weighted by atomic mass is 10.2. The highest BCUT2D eigenvalue weighted by Gasteiger charge is 2.06. The van der Waals surface area contributed by atoms with Crippen LogP contribution in [0.5, 0.6) is 0 Å². The van der Waals surface area contributed by atoms with E-state index in [2.05, 4.69) is 35.2 Å². The number of anilines is 1. The van der Waals surface area contributed by atoms with Gasteiger partial charge in [0.05, 0.1) is 5.69 Å². The zero-order valence-electron chi connectivity index (χ0n) is 6.04. The van der Waals surface area contributed by atoms with Crippen molar-refractivity contribution in [3.63, 3.8) is 0 Å². The number of halogens is 1. The molecule has 1 aromatic carbocycles. The number of benzene rings is 1. The number of fused-ring (bicyclic) bond motifs is 1. The first-order valence-corrected chi connectivity index (χ1v) is 5.75. The first-order chi connectivity index (χ1) is 5.70. The lowest BCUT2D eigenvalue weighted by Crippen LogP contribution is -1.89. The zero-order chi connectivity index (χ0) is 8.72. The minimum absolute atomic E-state index is 0.865. The lowest BCUT2D eigenvalue weighted by Gasteiger charge is -2.01. The van der Waals surface area contributed by atoms with Gasteiger partial charge >= 0.3 is 0 Å². The van der Waals surface area contributed by atoms with Crippen LogP contribution in [0, 0.1) is 3.57 Å². The van der Waals surface area contributed by atoms with Gasteiger partial charge in [-0.05, 0) is 40.1 Å². The van der Waals surface area contributed by atoms with Crippen LogP contribution in [0.4, 0.5) is 5.69 Å². The van der Waals surface area contributed by atoms with Crippen molar-refractivity contribution < 1.29 is 0 Å². The van der Waals surface area contributed by atoms with Crippen molar-refractivity contribution in [3.8, 4) is 0 Å². The first-order valence-electron chi connectivity index (χ1n) is 3.34. The highest BCUT2D eigenvalue weighted by atomic mass is 127. The fraction of sp³-hybridized carbons (Fsp3) is 0. The highest BCUT2D eigenvalue weighted by Crippen LogP contribution is 2.34. The summed E-state index contributed by atoms with van der Waals surface area (Å²) in [4.78, 5) is 1.01. The molecule has 0 saturated carbocycles. The van der Waals surface area contributed by atoms with Crippen molar-refractivity contribution in [2.24, 2.45) is 0 Å². The summed E-state index contributed by atoms with van der Waals surface area (Å²) in [6.07, 6.45) is 0. The molecule has 1 aromatic heterocycles. The minimum Gasteiger partial charge on any atom is -0.397 e. The van der Waals surface area contributed by atoms with Crippen molar-refractivity contribution >= 4 is 62.3 Å². The van der Waals surface area contributed by atoms with Gasteiger partial charge in [-0.25, -0.2) is 0 Å². The zero-order valence-corrected chi connectivity index (χ0v) is 9.91. The Hall–Kier alpha value is 0.0600. The van der Waals surface area contributed by atoms with Crippen LogP contribution in [0.15, 0.2) is 22.4 Å². The van der Waals surface area contributed by atoms with Gasteiger partial charge in [0, 0.05) is 18.6 Å². The molecule has 12 heavy (non-hydrogen) atoms. The van der Waals surface area contributed by atoms with Crippen LogP contribution in [0.3, 0.4) is 0 Å². The Balaban J connectivity index is 2.97. The highest BCUT2D eigenvalue weighted by molar-refractivity contribution is 14.1. The molecular formula is C8H6INS2. The summed E-state index contributed by atoms with van der Waals surface area (Å²) in [5, 5.41) is 3.16. The monoisotopic (exact) mass is 307 g/mol. The second-order valence-corrected chi connectivity index (χ2v) is 5.01. The Labute approximate surface area is 93.5 Å². The van der Waals surface area contributed by atoms with Gasteiger partial charge in [0.2, 0.25) is 0 Å². The van der Waals surface area contributed by atoms with E-state index in [1.165, 1.54) is 4.70 Å². The fourth-order valence-electron chi connectivity index (χ4n) is 1.11. The maximum absolute atomic E-state index is 5.90. The van der Waals surface area contributed by atoms with Crippen molar-refractivity contribution in [1.29, 1.82) is 0 Å². The molecule has 2 N–H and O–H groups in total. The van der Waals surface area contributed by atoms with Gasteiger partial charge in [0.15, 0.2) is 0 Å². The van der Waals surface area contributed by atoms with Gasteiger partial charge in [-0.3, -0.25) is 0 Å². The average Bonchev–Trinajstić information content (AvgIpc) is 2.48. The van der Waals surface area contributed by atoms with Crippen LogP contribution in [-0.4, -0.2) is 0 Å². The van der Waals surface area contributed by atoms with E-state index in [1.54, 1.807) is 11.3 Å². The summed E-state index contributed by atoms with van der Waals surface area (Å²) >= 11 is 8.29. The first kappa shape index (κ1) is 8.65. The second kappa shape index (κ2) is 3.08. The summed E-state index contributed by atoms with van der Waals surface area (Å²) in [6, 6.07) is 4.04. The summed E-state index contributed by atoms with van der Waals surface area (Å²) in [6.45, 7) is 0. The molecule has 2 aromatic rings. The second-order valence-electron chi connectivity index (χ2n) is 2.45. The van der Waals surface area contributed by atoms with Crippen LogP contribution in [0.25, 0.3) is 10.1 Å². The molecule has 0 amide bonds. The molecule has 0 spiro atoms. The molecule has 0 bridgehead atoms. The van der Waals surface area contributed by atoms with E-state index in [0.29, 0.717) is 0 Å². The van der Waals surface area contributed by atoms with E-state index >= 15 is 0 Å². The van der Waals surface area contributed by atoms with E-state index in [4.69, 9.17) is 5.73 Å². The third-order valence-corrected chi connectivity index (χ3v) is 4.05. The third-order valence-electron chi connectivity index (χ3n) is 1.71. The van der Waals surface area contributed by atoms with Gasteiger partial charge in [0.1, 0.15) is 0 Å². The van der Waals surface area contributed by atoms with Crippen LogP contribution >= 0.6 is 46.6 Å². The van der Waals surface area contributed by atoms with Gasteiger partial charge in [-0.15, -0.1) is 24.0 Å². The van der Waals surface area contributed by atoms with Gasteiger partial charge in [-0.2, -0.15) is 0 Å². The normalized spacial score (nSPS) is 10.8. The molecule has 0 aliphatic rings. The van der Waals surface area contributed by atoms with E-state index in [9.17, 15) is 0 Å². The molecule has 0 saturated heterocycles. The van der Waals surface area contributed by atoms with Crippen LogP contribution in [0.2, 0.25) is 0 Å². The molecule has 0 fully saturated rings. The Kier molecular flexibility index (Phi) is 2.22. The van der Waals surface area contributed by atoms with Gasteiger partial charge < -0.3 is 5.73 Å². The maximum atomic E-state index is 5.90. The number of hydrogen-bond acceptors (Lipinski definition) is 3. The number of thiol groups is 1. The SMILES string of the molecule is Nc1c(I)cc(S)c2sccc12. The summed E-state index contributed by atoms with van der Waals surface area (Å²) in [5.41, 5.74) is 6.76. The Morgan fingerprint density at radius 3 is 3.00 bits per heavy atom. The Morgan fingerprint density at radius 2 is 2.25 bits per heavy atom. The Morgan fingerprint density at radius 1 is 1.50 bits per heavy atom. The molecule has 4 heteroatoms. The summed E-state index contributed by atoms with van der Waals surface area (Å²) in [7, 11) is 0. The van der Waals surface area contributed by atoms with Gasteiger partial charge in [-0.1, -0.05) is 0 Å². The average molecular weight is 307 g/mol. The molecule has 0 aliphatic carbocycles. The van der Waals surface area contributed by atoms with Crippen molar-refractivity contribution in [1.82, 2.24) is 0 Å². The molecule has 2 rings (SSSR count). The maximum Gasteiger partial charge on any atom is 0.0538 e. The summed E-state index contributed by atoms with van der Waals surface area (Å²) < 4.78 is 2.25. The fourth-order valence-corrected chi connectivity index (χ4v) is 3.19. The number of thiophene rings is 1. The van der Waals surface area contributed by atoms with Crippen LogP contribution in [-0.2, 0) is 0 Å². The third kappa shape index (κ3) is 1.22. The molecular weight excluding hydrogens is 301 g/mol. The molecule has 0 radical (unpaired) electrons. The predicted molar refractivity (Wildman–Crippen MR) is 66.2 cm³/mol. The van der Waals surface area contributed by atoms with E-state index in [0.717, 1.165) is 19.5 Å². The van der Waals surface area contributed by atoms with Crippen LogP contribution < -0.4 is 5.73 Å². The van der Waals surface area contributed by atoms with E-state index in [-0.39, 0.29) is 0 Å². The number of hydrogen-bond donors (Lipinski definition) is 2. The quantitative estimate of drug-likeness (QED) is 0.435. The molecule has 0 atom stereocenters. The largest absolute Gasteiger partial charge is 0.397 e. The van der Waals surface area contributed by atoms with Gasteiger partial charge in [0.25, 0.3) is 0 Å². The Bertz CT molecular complexity index is 436. The molecule has 1 nitrogen and oxygen atoms in total.